The number of benzene rings is 2. The van der Waals surface area contributed by atoms with Gasteiger partial charge in [0.15, 0.2) is 6.10 Å². The van der Waals surface area contributed by atoms with Crippen LogP contribution in [0.25, 0.3) is 5.69 Å². The van der Waals surface area contributed by atoms with Crippen LogP contribution in [-0.4, -0.2) is 21.6 Å². The van der Waals surface area contributed by atoms with Crippen molar-refractivity contribution >= 4 is 5.91 Å². The maximum atomic E-state index is 12.8. The molecule has 0 aliphatic heterocycles. The molecule has 0 radical (unpaired) electrons. The number of amides is 1. The van der Waals surface area contributed by atoms with Crippen LogP contribution in [-0.2, 0) is 11.3 Å². The van der Waals surface area contributed by atoms with Crippen LogP contribution in [0, 0.1) is 20.8 Å². The van der Waals surface area contributed by atoms with E-state index in [-0.39, 0.29) is 5.91 Å². The van der Waals surface area contributed by atoms with E-state index in [1.807, 2.05) is 80.9 Å². The third-order valence-corrected chi connectivity index (χ3v) is 5.02. The fourth-order valence-electron chi connectivity index (χ4n) is 3.15. The van der Waals surface area contributed by atoms with E-state index in [0.29, 0.717) is 13.0 Å². The zero-order valence-corrected chi connectivity index (χ0v) is 16.9. The van der Waals surface area contributed by atoms with Crippen LogP contribution in [0.4, 0.5) is 0 Å². The van der Waals surface area contributed by atoms with Gasteiger partial charge in [-0.25, -0.2) is 4.98 Å². The predicted molar refractivity (Wildman–Crippen MR) is 111 cm³/mol. The molecule has 1 atom stereocenters. The highest BCUT2D eigenvalue weighted by Crippen LogP contribution is 2.22. The van der Waals surface area contributed by atoms with Crippen molar-refractivity contribution in [2.24, 2.45) is 0 Å². The van der Waals surface area contributed by atoms with Crippen LogP contribution < -0.4 is 10.1 Å². The lowest BCUT2D eigenvalue weighted by molar-refractivity contribution is -0.128. The van der Waals surface area contributed by atoms with Crippen LogP contribution in [0.5, 0.6) is 5.75 Å². The first-order valence-electron chi connectivity index (χ1n) is 9.60. The molecular formula is C23H27N3O2. The number of aryl methyl sites for hydroxylation is 2. The molecule has 0 aliphatic rings. The quantitative estimate of drug-likeness (QED) is 0.669. The van der Waals surface area contributed by atoms with Crippen LogP contribution >= 0.6 is 0 Å². The molecule has 0 fully saturated rings. The lowest BCUT2D eigenvalue weighted by atomic mass is 10.1. The summed E-state index contributed by atoms with van der Waals surface area (Å²) in [4.78, 5) is 17.0. The normalized spacial score (nSPS) is 11.9. The van der Waals surface area contributed by atoms with Crippen molar-refractivity contribution in [2.75, 3.05) is 0 Å². The Hall–Kier alpha value is -3.08. The van der Waals surface area contributed by atoms with Gasteiger partial charge in [-0.2, -0.15) is 0 Å². The number of ether oxygens (including phenoxy) is 1. The molecule has 3 aromatic rings. The topological polar surface area (TPSA) is 56.1 Å². The van der Waals surface area contributed by atoms with Gasteiger partial charge in [0.05, 0.1) is 5.69 Å². The Morgan fingerprint density at radius 2 is 1.93 bits per heavy atom. The van der Waals surface area contributed by atoms with Crippen molar-refractivity contribution in [3.05, 3.63) is 77.4 Å². The second-order valence-corrected chi connectivity index (χ2v) is 6.90. The Morgan fingerprint density at radius 3 is 2.64 bits per heavy atom. The van der Waals surface area contributed by atoms with Gasteiger partial charge in [0.1, 0.15) is 11.6 Å². The molecule has 1 aromatic heterocycles. The summed E-state index contributed by atoms with van der Waals surface area (Å²) < 4.78 is 8.04. The molecule has 5 nitrogen and oxygen atoms in total. The second-order valence-electron chi connectivity index (χ2n) is 6.90. The summed E-state index contributed by atoms with van der Waals surface area (Å²) in [6, 6.07) is 13.9. The average Bonchev–Trinajstić information content (AvgIpc) is 3.13. The van der Waals surface area contributed by atoms with Crippen LogP contribution in [0.1, 0.15) is 35.9 Å². The molecule has 0 bridgehead atoms. The van der Waals surface area contributed by atoms with Crippen molar-refractivity contribution in [1.82, 2.24) is 14.9 Å². The molecule has 28 heavy (non-hydrogen) atoms. The second kappa shape index (κ2) is 8.74. The number of carbonyl (C=O) groups is 1. The molecule has 2 aromatic carbocycles. The van der Waals surface area contributed by atoms with E-state index >= 15 is 0 Å². The number of hydrogen-bond acceptors (Lipinski definition) is 3. The van der Waals surface area contributed by atoms with Crippen molar-refractivity contribution in [3.63, 3.8) is 0 Å². The first-order valence-corrected chi connectivity index (χ1v) is 9.60. The molecule has 1 unspecified atom stereocenters. The first kappa shape index (κ1) is 19.7. The van der Waals surface area contributed by atoms with Crippen LogP contribution in [0.2, 0.25) is 0 Å². The number of rotatable bonds is 7. The van der Waals surface area contributed by atoms with Gasteiger partial charge < -0.3 is 14.6 Å². The Morgan fingerprint density at radius 1 is 1.14 bits per heavy atom. The van der Waals surface area contributed by atoms with Gasteiger partial charge in [0.2, 0.25) is 0 Å². The summed E-state index contributed by atoms with van der Waals surface area (Å²) in [7, 11) is 0. The lowest BCUT2D eigenvalue weighted by Crippen LogP contribution is -2.38. The Labute approximate surface area is 166 Å². The van der Waals surface area contributed by atoms with Gasteiger partial charge in [0, 0.05) is 18.9 Å². The van der Waals surface area contributed by atoms with Gasteiger partial charge in [0.25, 0.3) is 5.91 Å². The first-order chi connectivity index (χ1) is 13.5. The summed E-state index contributed by atoms with van der Waals surface area (Å²) in [6.45, 7) is 8.40. The molecule has 0 saturated carbocycles. The minimum Gasteiger partial charge on any atom is -0.480 e. The number of nitrogens with zero attached hydrogens (tertiary/aromatic N) is 2. The molecule has 0 saturated heterocycles. The monoisotopic (exact) mass is 377 g/mol. The average molecular weight is 377 g/mol. The van der Waals surface area contributed by atoms with E-state index in [0.717, 1.165) is 34.0 Å². The molecule has 0 spiro atoms. The maximum absolute atomic E-state index is 12.8. The minimum absolute atomic E-state index is 0.111. The molecule has 3 rings (SSSR count). The van der Waals surface area contributed by atoms with Gasteiger partial charge in [-0.05, 0) is 56.0 Å². The molecule has 1 heterocycles. The van der Waals surface area contributed by atoms with Crippen molar-refractivity contribution in [1.29, 1.82) is 0 Å². The molecule has 5 heteroatoms. The van der Waals surface area contributed by atoms with E-state index in [4.69, 9.17) is 4.74 Å². The standard InChI is InChI=1S/C23H27N3O2/c1-5-21(28-22-12-8-9-16(2)17(22)3)23(27)25-15-19-10-6-7-11-20(19)26-14-13-24-18(26)4/h6-14,21H,5,15H2,1-4H3,(H,25,27). The van der Waals surface area contributed by atoms with Gasteiger partial charge in [-0.3, -0.25) is 4.79 Å². The Kier molecular flexibility index (Phi) is 6.14. The highest BCUT2D eigenvalue weighted by Gasteiger charge is 2.19. The lowest BCUT2D eigenvalue weighted by Gasteiger charge is -2.20. The van der Waals surface area contributed by atoms with Crippen LogP contribution in [0.3, 0.4) is 0 Å². The molecule has 0 aliphatic carbocycles. The Bertz CT molecular complexity index is 962. The largest absolute Gasteiger partial charge is 0.480 e. The zero-order valence-electron chi connectivity index (χ0n) is 16.9. The van der Waals surface area contributed by atoms with Crippen molar-refractivity contribution < 1.29 is 9.53 Å². The SMILES string of the molecule is CCC(Oc1cccc(C)c1C)C(=O)NCc1ccccc1-n1ccnc1C. The summed E-state index contributed by atoms with van der Waals surface area (Å²) in [5, 5.41) is 3.03. The summed E-state index contributed by atoms with van der Waals surface area (Å²) in [5.74, 6) is 1.56. The summed E-state index contributed by atoms with van der Waals surface area (Å²) in [5.41, 5.74) is 4.26. The number of nitrogens with one attached hydrogen (secondary N) is 1. The maximum Gasteiger partial charge on any atom is 0.261 e. The molecule has 1 amide bonds. The third-order valence-electron chi connectivity index (χ3n) is 5.02. The van der Waals surface area contributed by atoms with E-state index in [1.165, 1.54) is 0 Å². The fourth-order valence-corrected chi connectivity index (χ4v) is 3.15. The van der Waals surface area contributed by atoms with E-state index in [9.17, 15) is 4.79 Å². The number of imidazole rings is 1. The zero-order chi connectivity index (χ0) is 20.1. The smallest absolute Gasteiger partial charge is 0.261 e. The van der Waals surface area contributed by atoms with E-state index in [1.54, 1.807) is 6.20 Å². The number of aromatic nitrogens is 2. The molecular weight excluding hydrogens is 350 g/mol. The minimum atomic E-state index is -0.525. The van der Waals surface area contributed by atoms with E-state index in [2.05, 4.69) is 10.3 Å². The Balaban J connectivity index is 1.71. The summed E-state index contributed by atoms with van der Waals surface area (Å²) in [6.07, 6.45) is 3.77. The van der Waals surface area contributed by atoms with E-state index < -0.39 is 6.10 Å². The number of hydrogen-bond donors (Lipinski definition) is 1. The van der Waals surface area contributed by atoms with Gasteiger partial charge in [-0.15, -0.1) is 0 Å². The predicted octanol–water partition coefficient (Wildman–Crippen LogP) is 4.27. The molecule has 1 N–H and O–H groups in total. The highest BCUT2D eigenvalue weighted by atomic mass is 16.5. The summed E-state index contributed by atoms with van der Waals surface area (Å²) >= 11 is 0. The third kappa shape index (κ3) is 4.25. The number of carbonyl (C=O) groups excluding carboxylic acids is 1. The van der Waals surface area contributed by atoms with Crippen molar-refractivity contribution in [3.8, 4) is 11.4 Å². The number of para-hydroxylation sites is 1. The highest BCUT2D eigenvalue weighted by molar-refractivity contribution is 5.81. The van der Waals surface area contributed by atoms with Crippen molar-refractivity contribution in [2.45, 2.75) is 46.8 Å². The van der Waals surface area contributed by atoms with Crippen LogP contribution in [0.15, 0.2) is 54.9 Å². The molecule has 146 valence electrons. The van der Waals surface area contributed by atoms with Gasteiger partial charge >= 0.3 is 0 Å². The van der Waals surface area contributed by atoms with Gasteiger partial charge in [-0.1, -0.05) is 37.3 Å². The fraction of sp³-hybridized carbons (Fsp3) is 0.304.